The molecule has 164 valence electrons. The second kappa shape index (κ2) is 9.29. The highest BCUT2D eigenvalue weighted by Crippen LogP contribution is 2.32. The molecule has 0 spiro atoms. The predicted octanol–water partition coefficient (Wildman–Crippen LogP) is 3.41. The molecule has 10 heteroatoms. The van der Waals surface area contributed by atoms with Crippen molar-refractivity contribution < 1.29 is 22.7 Å². The third-order valence-electron chi connectivity index (χ3n) is 4.51. The molecule has 0 bridgehead atoms. The number of nitrogens with one attached hydrogen (secondary N) is 1. The third-order valence-corrected chi connectivity index (χ3v) is 6.54. The highest BCUT2D eigenvalue weighted by molar-refractivity contribution is 7.92. The molecule has 3 aromatic rings. The predicted molar refractivity (Wildman–Crippen MR) is 121 cm³/mol. The minimum absolute atomic E-state index is 0.0524. The van der Waals surface area contributed by atoms with Gasteiger partial charge >= 0.3 is 0 Å². The maximum atomic E-state index is 13.2. The Morgan fingerprint density at radius 1 is 1.03 bits per heavy atom. The summed E-state index contributed by atoms with van der Waals surface area (Å²) in [7, 11) is -4.02. The largest absolute Gasteiger partial charge is 0.454 e. The molecule has 3 aromatic carbocycles. The molecule has 4 rings (SSSR count). The molecule has 0 saturated carbocycles. The Morgan fingerprint density at radius 2 is 1.81 bits per heavy atom. The highest BCUT2D eigenvalue weighted by atomic mass is 35.5. The molecule has 0 aliphatic carbocycles. The van der Waals surface area contributed by atoms with Crippen molar-refractivity contribution in [1.82, 2.24) is 5.43 Å². The first-order chi connectivity index (χ1) is 15.4. The van der Waals surface area contributed by atoms with E-state index in [1.165, 1.54) is 24.4 Å². The molecule has 8 nitrogen and oxygen atoms in total. The summed E-state index contributed by atoms with van der Waals surface area (Å²) in [6.07, 6.45) is 1.43. The van der Waals surface area contributed by atoms with E-state index in [9.17, 15) is 13.2 Å². The number of halogens is 1. The maximum Gasteiger partial charge on any atom is 0.264 e. The van der Waals surface area contributed by atoms with E-state index in [4.69, 9.17) is 21.1 Å². The fraction of sp³-hybridized carbons (Fsp3) is 0.0909. The molecular weight excluding hydrogens is 454 g/mol. The topological polar surface area (TPSA) is 97.3 Å². The number of anilines is 1. The smallest absolute Gasteiger partial charge is 0.264 e. The first kappa shape index (κ1) is 21.7. The Hall–Kier alpha value is -3.56. The van der Waals surface area contributed by atoms with Crippen LogP contribution < -0.4 is 19.2 Å². The van der Waals surface area contributed by atoms with Crippen LogP contribution in [-0.4, -0.2) is 33.9 Å². The second-order valence-corrected chi connectivity index (χ2v) is 9.01. The molecule has 0 unspecified atom stereocenters. The van der Waals surface area contributed by atoms with Gasteiger partial charge in [0.2, 0.25) is 6.79 Å². The summed E-state index contributed by atoms with van der Waals surface area (Å²) >= 11 is 6.05. The van der Waals surface area contributed by atoms with Crippen molar-refractivity contribution in [2.45, 2.75) is 4.90 Å². The lowest BCUT2D eigenvalue weighted by Gasteiger charge is -2.23. The monoisotopic (exact) mass is 471 g/mol. The average Bonchev–Trinajstić information content (AvgIpc) is 3.26. The van der Waals surface area contributed by atoms with Gasteiger partial charge in [0.1, 0.15) is 6.54 Å². The summed E-state index contributed by atoms with van der Waals surface area (Å²) in [6, 6.07) is 19.3. The molecule has 1 aliphatic rings. The van der Waals surface area contributed by atoms with E-state index in [2.05, 4.69) is 10.5 Å². The molecule has 32 heavy (non-hydrogen) atoms. The van der Waals surface area contributed by atoms with Crippen LogP contribution >= 0.6 is 11.6 Å². The zero-order chi connectivity index (χ0) is 22.6. The fourth-order valence-electron chi connectivity index (χ4n) is 3.00. The lowest BCUT2D eigenvalue weighted by Crippen LogP contribution is -2.39. The van der Waals surface area contributed by atoms with Crippen LogP contribution in [0.5, 0.6) is 11.5 Å². The van der Waals surface area contributed by atoms with Crippen LogP contribution in [0.2, 0.25) is 5.02 Å². The lowest BCUT2D eigenvalue weighted by molar-refractivity contribution is -0.119. The standard InChI is InChI=1S/C22H18ClN3O5S/c23-17-5-4-6-18(12-17)26(32(28,29)19-7-2-1-3-8-19)14-22(27)25-24-13-16-9-10-20-21(11-16)31-15-30-20/h1-13H,14-15H2,(H,25,27). The summed E-state index contributed by atoms with van der Waals surface area (Å²) in [5, 5.41) is 4.26. The van der Waals surface area contributed by atoms with Gasteiger partial charge in [-0.2, -0.15) is 5.10 Å². The Balaban J connectivity index is 1.52. The van der Waals surface area contributed by atoms with Crippen molar-refractivity contribution in [3.63, 3.8) is 0 Å². The number of nitrogens with zero attached hydrogens (tertiary/aromatic N) is 2. The van der Waals surface area contributed by atoms with Crippen molar-refractivity contribution in [3.8, 4) is 11.5 Å². The summed E-state index contributed by atoms with van der Waals surface area (Å²) in [4.78, 5) is 12.6. The zero-order valence-electron chi connectivity index (χ0n) is 16.6. The molecule has 0 saturated heterocycles. The SMILES string of the molecule is O=C(CN(c1cccc(Cl)c1)S(=O)(=O)c1ccccc1)NN=Cc1ccc2c(c1)OCO2. The van der Waals surface area contributed by atoms with Gasteiger partial charge in [0.25, 0.3) is 15.9 Å². The summed E-state index contributed by atoms with van der Waals surface area (Å²) in [5.74, 6) is 0.595. The summed E-state index contributed by atoms with van der Waals surface area (Å²) in [6.45, 7) is -0.335. The third kappa shape index (κ3) is 4.84. The van der Waals surface area contributed by atoms with E-state index in [1.54, 1.807) is 54.6 Å². The van der Waals surface area contributed by atoms with Crippen LogP contribution in [0.1, 0.15) is 5.56 Å². The molecule has 1 aliphatic heterocycles. The number of fused-ring (bicyclic) bond motifs is 1. The van der Waals surface area contributed by atoms with Crippen LogP contribution in [0.15, 0.2) is 82.8 Å². The molecule has 1 N–H and O–H groups in total. The zero-order valence-corrected chi connectivity index (χ0v) is 18.2. The molecule has 1 amide bonds. The number of carbonyl (C=O) groups is 1. The van der Waals surface area contributed by atoms with E-state index in [-0.39, 0.29) is 17.4 Å². The highest BCUT2D eigenvalue weighted by Gasteiger charge is 2.27. The van der Waals surface area contributed by atoms with Gasteiger partial charge in [0, 0.05) is 5.02 Å². The maximum absolute atomic E-state index is 13.2. The number of carbonyl (C=O) groups excluding carboxylic acids is 1. The van der Waals surface area contributed by atoms with Crippen molar-refractivity contribution in [2.75, 3.05) is 17.6 Å². The van der Waals surface area contributed by atoms with Crippen LogP contribution in [0.4, 0.5) is 5.69 Å². The Morgan fingerprint density at radius 3 is 2.59 bits per heavy atom. The van der Waals surface area contributed by atoms with Gasteiger partial charge < -0.3 is 9.47 Å². The molecule has 0 fully saturated rings. The number of ether oxygens (including phenoxy) is 2. The second-order valence-electron chi connectivity index (χ2n) is 6.71. The minimum Gasteiger partial charge on any atom is -0.454 e. The Labute approximate surface area is 190 Å². The van der Waals surface area contributed by atoms with Crippen LogP contribution in [-0.2, 0) is 14.8 Å². The fourth-order valence-corrected chi connectivity index (χ4v) is 4.62. The Kier molecular flexibility index (Phi) is 6.29. The molecule has 0 atom stereocenters. The quantitative estimate of drug-likeness (QED) is 0.420. The normalized spacial score (nSPS) is 12.7. The summed E-state index contributed by atoms with van der Waals surface area (Å²) in [5.41, 5.74) is 3.30. The van der Waals surface area contributed by atoms with Crippen LogP contribution in [0.25, 0.3) is 0 Å². The number of amides is 1. The van der Waals surface area contributed by atoms with Crippen LogP contribution in [0, 0.1) is 0 Å². The van der Waals surface area contributed by atoms with E-state index in [1.807, 2.05) is 0 Å². The molecular formula is C22H18ClN3O5S. The summed E-state index contributed by atoms with van der Waals surface area (Å²) < 4.78 is 38.0. The van der Waals surface area contributed by atoms with E-state index < -0.39 is 22.5 Å². The van der Waals surface area contributed by atoms with Gasteiger partial charge in [-0.25, -0.2) is 13.8 Å². The van der Waals surface area contributed by atoms with Gasteiger partial charge in [0.05, 0.1) is 16.8 Å². The van der Waals surface area contributed by atoms with E-state index in [0.717, 1.165) is 4.31 Å². The van der Waals surface area contributed by atoms with Crippen molar-refractivity contribution in [2.24, 2.45) is 5.10 Å². The van der Waals surface area contributed by atoms with Crippen LogP contribution in [0.3, 0.4) is 0 Å². The number of hydrazone groups is 1. The lowest BCUT2D eigenvalue weighted by atomic mass is 10.2. The average molecular weight is 472 g/mol. The first-order valence-electron chi connectivity index (χ1n) is 9.48. The number of rotatable bonds is 7. The van der Waals surface area contributed by atoms with Gasteiger partial charge in [-0.05, 0) is 54.1 Å². The number of benzene rings is 3. The van der Waals surface area contributed by atoms with E-state index in [0.29, 0.717) is 22.1 Å². The Bertz CT molecular complexity index is 1270. The van der Waals surface area contributed by atoms with Crippen molar-refractivity contribution >= 4 is 39.4 Å². The number of sulfonamides is 1. The molecule has 0 radical (unpaired) electrons. The number of hydrogen-bond donors (Lipinski definition) is 1. The molecule has 0 aromatic heterocycles. The van der Waals surface area contributed by atoms with Gasteiger partial charge in [0.15, 0.2) is 11.5 Å². The van der Waals surface area contributed by atoms with Gasteiger partial charge in [-0.1, -0.05) is 35.9 Å². The molecule has 1 heterocycles. The number of hydrogen-bond acceptors (Lipinski definition) is 6. The van der Waals surface area contributed by atoms with E-state index >= 15 is 0 Å². The van der Waals surface area contributed by atoms with Gasteiger partial charge in [-0.15, -0.1) is 0 Å². The van der Waals surface area contributed by atoms with Crippen molar-refractivity contribution in [1.29, 1.82) is 0 Å². The van der Waals surface area contributed by atoms with Gasteiger partial charge in [-0.3, -0.25) is 9.10 Å². The first-order valence-corrected chi connectivity index (χ1v) is 11.3. The minimum atomic E-state index is -4.02. The van der Waals surface area contributed by atoms with Crippen molar-refractivity contribution in [3.05, 3.63) is 83.4 Å².